The Hall–Kier alpha value is 0.0500. The molecule has 0 aliphatic heterocycles. The van der Waals surface area contributed by atoms with Crippen molar-refractivity contribution < 1.29 is 0 Å². The molecule has 1 nitrogen and oxygen atoms in total. The molecule has 0 aromatic rings. The molecule has 1 N–H and O–H groups in total. The predicted molar refractivity (Wildman–Crippen MR) is 64.5 cm³/mol. The Bertz CT molecular complexity index is 115. The van der Waals surface area contributed by atoms with E-state index in [-0.39, 0.29) is 0 Å². The van der Waals surface area contributed by atoms with Crippen LogP contribution in [0.2, 0.25) is 0 Å². The average molecular weight is 201 g/mol. The Morgan fingerprint density at radius 3 is 2.69 bits per heavy atom. The second-order valence-electron chi connectivity index (χ2n) is 3.37. The minimum absolute atomic E-state index is 0.707. The second-order valence-corrected chi connectivity index (χ2v) is 4.28. The van der Waals surface area contributed by atoms with Crippen LogP contribution in [0.1, 0.15) is 32.1 Å². The van der Waals surface area contributed by atoms with Gasteiger partial charge in [0.25, 0.3) is 0 Å². The van der Waals surface area contributed by atoms with Gasteiger partial charge >= 0.3 is 0 Å². The topological polar surface area (TPSA) is 12.0 Å². The molecule has 0 aliphatic rings. The Morgan fingerprint density at radius 2 is 2.15 bits per heavy atom. The van der Waals surface area contributed by atoms with Gasteiger partial charge in [0.2, 0.25) is 0 Å². The van der Waals surface area contributed by atoms with Crippen molar-refractivity contribution in [2.75, 3.05) is 19.1 Å². The van der Waals surface area contributed by atoms with Gasteiger partial charge in [-0.3, -0.25) is 0 Å². The fraction of sp³-hybridized carbons (Fsp3) is 0.818. The third kappa shape index (κ3) is 8.38. The Morgan fingerprint density at radius 1 is 1.38 bits per heavy atom. The molecule has 0 heterocycles. The summed E-state index contributed by atoms with van der Waals surface area (Å²) in [4.78, 5) is 0. The first-order chi connectivity index (χ1) is 6.35. The summed E-state index contributed by atoms with van der Waals surface area (Å²) in [7, 11) is 2.06. The van der Waals surface area contributed by atoms with Crippen LogP contribution >= 0.6 is 11.8 Å². The lowest BCUT2D eigenvalue weighted by Crippen LogP contribution is -2.27. The molecule has 0 fully saturated rings. The molecule has 78 valence electrons. The van der Waals surface area contributed by atoms with E-state index >= 15 is 0 Å². The number of nitrogens with one attached hydrogen (secondary N) is 1. The van der Waals surface area contributed by atoms with Crippen LogP contribution in [-0.2, 0) is 0 Å². The van der Waals surface area contributed by atoms with Gasteiger partial charge in [-0.25, -0.2) is 0 Å². The molecule has 0 radical (unpaired) electrons. The molecule has 0 bridgehead atoms. The van der Waals surface area contributed by atoms with Crippen molar-refractivity contribution in [2.24, 2.45) is 0 Å². The molecule has 0 spiro atoms. The van der Waals surface area contributed by atoms with Crippen LogP contribution in [0.3, 0.4) is 0 Å². The molecule has 0 aromatic carbocycles. The summed E-state index contributed by atoms with van der Waals surface area (Å²) in [6.45, 7) is 3.72. The van der Waals surface area contributed by atoms with E-state index in [1.54, 1.807) is 0 Å². The highest BCUT2D eigenvalue weighted by Gasteiger charge is 2.03. The maximum atomic E-state index is 3.72. The number of allylic oxidation sites excluding steroid dienone is 1. The van der Waals surface area contributed by atoms with Gasteiger partial charge < -0.3 is 5.32 Å². The quantitative estimate of drug-likeness (QED) is 0.454. The third-order valence-corrected chi connectivity index (χ3v) is 2.97. The summed E-state index contributed by atoms with van der Waals surface area (Å²) in [6, 6.07) is 0.707. The third-order valence-electron chi connectivity index (χ3n) is 2.24. The first kappa shape index (κ1) is 13.1. The highest BCUT2D eigenvalue weighted by molar-refractivity contribution is 7.98. The second kappa shape index (κ2) is 10.1. The number of unbranched alkanes of at least 4 members (excludes halogenated alkanes) is 3. The zero-order valence-electron chi connectivity index (χ0n) is 9.01. The van der Waals surface area contributed by atoms with Gasteiger partial charge in [0.05, 0.1) is 0 Å². The lowest BCUT2D eigenvalue weighted by atomic mass is 10.1. The minimum Gasteiger partial charge on any atom is -0.316 e. The van der Waals surface area contributed by atoms with Gasteiger partial charge in [0, 0.05) is 11.8 Å². The molecule has 0 saturated heterocycles. The van der Waals surface area contributed by atoms with Gasteiger partial charge in [-0.1, -0.05) is 18.9 Å². The van der Waals surface area contributed by atoms with Crippen molar-refractivity contribution in [1.82, 2.24) is 5.32 Å². The Kier molecular flexibility index (Phi) is 10.2. The van der Waals surface area contributed by atoms with E-state index in [0.717, 1.165) is 0 Å². The largest absolute Gasteiger partial charge is 0.316 e. The Balaban J connectivity index is 3.22. The molecule has 0 aliphatic carbocycles. The molecule has 0 saturated carbocycles. The lowest BCUT2D eigenvalue weighted by molar-refractivity contribution is 0.527. The van der Waals surface area contributed by atoms with Crippen LogP contribution in [0.15, 0.2) is 12.7 Å². The summed E-state index contributed by atoms with van der Waals surface area (Å²) in [5, 5.41) is 3.35. The normalized spacial score (nSPS) is 12.8. The van der Waals surface area contributed by atoms with Crippen LogP contribution in [0.5, 0.6) is 0 Å². The monoisotopic (exact) mass is 201 g/mol. The lowest BCUT2D eigenvalue weighted by Gasteiger charge is -2.13. The van der Waals surface area contributed by atoms with E-state index in [1.165, 1.54) is 37.9 Å². The summed E-state index contributed by atoms with van der Waals surface area (Å²) in [5.41, 5.74) is 0. The molecule has 2 heteroatoms. The van der Waals surface area contributed by atoms with E-state index < -0.39 is 0 Å². The highest BCUT2D eigenvalue weighted by atomic mass is 32.2. The summed E-state index contributed by atoms with van der Waals surface area (Å²) < 4.78 is 0. The van der Waals surface area contributed by atoms with E-state index in [1.807, 2.05) is 17.8 Å². The standard InChI is InChI=1S/C11H23NS/c1-4-5-6-7-8-9-11(12-2)10-13-3/h4,11-12H,1,5-10H2,2-3H3. The fourth-order valence-corrected chi connectivity index (χ4v) is 2.10. The summed E-state index contributed by atoms with van der Waals surface area (Å²) >= 11 is 1.92. The summed E-state index contributed by atoms with van der Waals surface area (Å²) in [6.07, 6.45) is 10.7. The van der Waals surface area contributed by atoms with E-state index in [4.69, 9.17) is 0 Å². The van der Waals surface area contributed by atoms with E-state index in [0.29, 0.717) is 6.04 Å². The molecule has 0 rings (SSSR count). The number of hydrogen-bond acceptors (Lipinski definition) is 2. The van der Waals surface area contributed by atoms with Crippen molar-refractivity contribution in [3.05, 3.63) is 12.7 Å². The Labute approximate surface area is 87.4 Å². The van der Waals surface area contributed by atoms with Crippen molar-refractivity contribution in [2.45, 2.75) is 38.1 Å². The van der Waals surface area contributed by atoms with Crippen LogP contribution in [0.4, 0.5) is 0 Å². The van der Waals surface area contributed by atoms with Crippen molar-refractivity contribution in [3.63, 3.8) is 0 Å². The predicted octanol–water partition coefficient (Wildman–Crippen LogP) is 3.07. The summed E-state index contributed by atoms with van der Waals surface area (Å²) in [5.74, 6) is 1.23. The van der Waals surface area contributed by atoms with Gasteiger partial charge in [0.1, 0.15) is 0 Å². The number of thioether (sulfide) groups is 1. The maximum absolute atomic E-state index is 3.72. The molecular formula is C11H23NS. The molecule has 1 atom stereocenters. The molecule has 13 heavy (non-hydrogen) atoms. The van der Waals surface area contributed by atoms with E-state index in [2.05, 4.69) is 25.2 Å². The van der Waals surface area contributed by atoms with Crippen LogP contribution in [0, 0.1) is 0 Å². The van der Waals surface area contributed by atoms with E-state index in [9.17, 15) is 0 Å². The molecule has 0 amide bonds. The van der Waals surface area contributed by atoms with Crippen molar-refractivity contribution >= 4 is 11.8 Å². The van der Waals surface area contributed by atoms with Gasteiger partial charge in [-0.2, -0.15) is 11.8 Å². The van der Waals surface area contributed by atoms with Crippen LogP contribution < -0.4 is 5.32 Å². The zero-order valence-corrected chi connectivity index (χ0v) is 9.83. The number of rotatable bonds is 9. The van der Waals surface area contributed by atoms with Gasteiger partial charge in [-0.15, -0.1) is 6.58 Å². The zero-order chi connectivity index (χ0) is 9.94. The fourth-order valence-electron chi connectivity index (χ4n) is 1.37. The minimum atomic E-state index is 0.707. The van der Waals surface area contributed by atoms with Crippen molar-refractivity contribution in [3.8, 4) is 0 Å². The average Bonchev–Trinajstić information content (AvgIpc) is 2.16. The van der Waals surface area contributed by atoms with Crippen molar-refractivity contribution in [1.29, 1.82) is 0 Å². The smallest absolute Gasteiger partial charge is 0.0155 e. The van der Waals surface area contributed by atoms with Gasteiger partial charge in [-0.05, 0) is 32.6 Å². The van der Waals surface area contributed by atoms with Gasteiger partial charge in [0.15, 0.2) is 0 Å². The highest BCUT2D eigenvalue weighted by Crippen LogP contribution is 2.08. The molecule has 1 unspecified atom stereocenters. The molecular weight excluding hydrogens is 178 g/mol. The molecule has 0 aromatic heterocycles. The van der Waals surface area contributed by atoms with Crippen LogP contribution in [-0.4, -0.2) is 25.1 Å². The number of hydrogen-bond donors (Lipinski definition) is 1. The first-order valence-corrected chi connectivity index (χ1v) is 6.51. The first-order valence-electron chi connectivity index (χ1n) is 5.12. The van der Waals surface area contributed by atoms with Crippen LogP contribution in [0.25, 0.3) is 0 Å². The SMILES string of the molecule is C=CCCCCCC(CSC)NC. The maximum Gasteiger partial charge on any atom is 0.0155 e.